The summed E-state index contributed by atoms with van der Waals surface area (Å²) in [5, 5.41) is 40.3. The number of ether oxygens (including phenoxy) is 1. The average molecular weight is 292 g/mol. The average Bonchev–Trinajstić information content (AvgIpc) is 2.45. The van der Waals surface area contributed by atoms with E-state index in [2.05, 4.69) is 5.32 Å². The van der Waals surface area contributed by atoms with Crippen molar-refractivity contribution >= 4 is 5.91 Å². The normalized spacial score (nSPS) is 35.6. The molecule has 1 fully saturated rings. The van der Waals surface area contributed by atoms with E-state index in [-0.39, 0.29) is 0 Å². The molecule has 0 bridgehead atoms. The van der Waals surface area contributed by atoms with Crippen molar-refractivity contribution in [2.75, 3.05) is 6.61 Å². The number of hydrogen-bond acceptors (Lipinski definition) is 7. The number of amides is 1. The summed E-state index contributed by atoms with van der Waals surface area (Å²) in [5.74, 6) is -0.511. The Morgan fingerprint density at radius 2 is 1.95 bits per heavy atom. The van der Waals surface area contributed by atoms with Crippen molar-refractivity contribution in [3.05, 3.63) is 0 Å². The van der Waals surface area contributed by atoms with Crippen molar-refractivity contribution in [1.29, 1.82) is 0 Å². The number of carbonyl (C=O) groups excluding carboxylic acids is 1. The molecule has 1 amide bonds. The summed E-state index contributed by atoms with van der Waals surface area (Å²) in [4.78, 5) is 11.8. The number of hydrogen-bond donors (Lipinski definition) is 6. The number of aliphatic hydroxyl groups is 4. The lowest BCUT2D eigenvalue weighted by molar-refractivity contribution is -0.236. The van der Waals surface area contributed by atoms with Gasteiger partial charge in [-0.3, -0.25) is 4.79 Å². The fraction of sp³-hybridized carbons (Fsp3) is 0.917. The van der Waals surface area contributed by atoms with Gasteiger partial charge in [0.2, 0.25) is 5.91 Å². The molecule has 0 aliphatic carbocycles. The molecular formula is C12H24N2O6. The number of carbonyl (C=O) groups is 1. The summed E-state index contributed by atoms with van der Waals surface area (Å²) in [6.07, 6.45) is -4.52. The van der Waals surface area contributed by atoms with Gasteiger partial charge in [-0.2, -0.15) is 0 Å². The van der Waals surface area contributed by atoms with Crippen LogP contribution in [0.3, 0.4) is 0 Å². The Labute approximate surface area is 117 Å². The van der Waals surface area contributed by atoms with Crippen LogP contribution in [-0.4, -0.2) is 69.6 Å². The zero-order valence-corrected chi connectivity index (χ0v) is 11.5. The van der Waals surface area contributed by atoms with E-state index in [0.29, 0.717) is 6.42 Å². The molecule has 1 aliphatic heterocycles. The summed E-state index contributed by atoms with van der Waals surface area (Å²) in [6, 6.07) is -0.734. The third-order valence-corrected chi connectivity index (χ3v) is 3.38. The van der Waals surface area contributed by atoms with E-state index in [4.69, 9.17) is 15.6 Å². The van der Waals surface area contributed by atoms with Crippen molar-refractivity contribution in [1.82, 2.24) is 5.32 Å². The highest BCUT2D eigenvalue weighted by Crippen LogP contribution is 2.19. The number of unbranched alkanes of at least 4 members (excludes halogenated alkanes) is 1. The molecule has 8 nitrogen and oxygen atoms in total. The molecule has 0 saturated carbocycles. The zero-order valence-electron chi connectivity index (χ0n) is 11.5. The molecule has 118 valence electrons. The Balaban J connectivity index is 2.59. The molecule has 20 heavy (non-hydrogen) atoms. The van der Waals surface area contributed by atoms with Gasteiger partial charge in [0.15, 0.2) is 6.23 Å². The molecular weight excluding hydrogens is 268 g/mol. The fourth-order valence-corrected chi connectivity index (χ4v) is 2.02. The first-order chi connectivity index (χ1) is 9.42. The summed E-state index contributed by atoms with van der Waals surface area (Å²) >= 11 is 0. The van der Waals surface area contributed by atoms with Gasteiger partial charge in [0.25, 0.3) is 0 Å². The van der Waals surface area contributed by atoms with Crippen molar-refractivity contribution < 1.29 is 30.0 Å². The Morgan fingerprint density at radius 3 is 2.50 bits per heavy atom. The van der Waals surface area contributed by atoms with Gasteiger partial charge in [-0.15, -0.1) is 0 Å². The summed E-state index contributed by atoms with van der Waals surface area (Å²) in [7, 11) is 0. The maximum absolute atomic E-state index is 11.8. The maximum atomic E-state index is 11.8. The number of nitrogens with one attached hydrogen (secondary N) is 1. The van der Waals surface area contributed by atoms with E-state index in [0.717, 1.165) is 12.8 Å². The molecule has 1 unspecified atom stereocenters. The van der Waals surface area contributed by atoms with Gasteiger partial charge in [0.1, 0.15) is 24.4 Å². The number of aliphatic hydroxyl groups excluding tert-OH is 4. The van der Waals surface area contributed by atoms with Crippen LogP contribution in [0.25, 0.3) is 0 Å². The molecule has 0 aromatic rings. The summed E-state index contributed by atoms with van der Waals surface area (Å²) in [6.45, 7) is 1.43. The van der Waals surface area contributed by atoms with Crippen molar-refractivity contribution in [3.63, 3.8) is 0 Å². The van der Waals surface area contributed by atoms with Crippen LogP contribution in [0.15, 0.2) is 0 Å². The molecule has 0 aromatic heterocycles. The second kappa shape index (κ2) is 7.87. The topological polar surface area (TPSA) is 145 Å². The standard InChI is InChI=1S/C12H24N2O6/c1-2-3-4-6(13)11(19)14-12-10(18)9(17)8(16)7(5-15)20-12/h6-10,12,15-18H,2-5,13H2,1H3,(H,14,19)/t6?,7-,8+,9+,10-,12-/m1/s1. The maximum Gasteiger partial charge on any atom is 0.238 e. The SMILES string of the molecule is CCCCC(N)C(=O)N[C@@H]1O[C@H](CO)[C@H](O)[C@H](O)[C@H]1O. The van der Waals surface area contributed by atoms with Gasteiger partial charge >= 0.3 is 0 Å². The van der Waals surface area contributed by atoms with Crippen molar-refractivity contribution in [2.24, 2.45) is 5.73 Å². The van der Waals surface area contributed by atoms with Crippen LogP contribution >= 0.6 is 0 Å². The first kappa shape index (κ1) is 17.3. The molecule has 0 radical (unpaired) electrons. The van der Waals surface area contributed by atoms with Gasteiger partial charge in [-0.05, 0) is 6.42 Å². The van der Waals surface area contributed by atoms with Crippen LogP contribution in [-0.2, 0) is 9.53 Å². The summed E-state index contributed by atoms with van der Waals surface area (Å²) in [5.41, 5.74) is 5.68. The second-order valence-electron chi connectivity index (χ2n) is 5.01. The van der Waals surface area contributed by atoms with Gasteiger partial charge in [-0.1, -0.05) is 19.8 Å². The third-order valence-electron chi connectivity index (χ3n) is 3.38. The Hall–Kier alpha value is -0.770. The smallest absolute Gasteiger partial charge is 0.238 e. The summed E-state index contributed by atoms with van der Waals surface area (Å²) < 4.78 is 5.16. The predicted molar refractivity (Wildman–Crippen MR) is 69.4 cm³/mol. The second-order valence-corrected chi connectivity index (χ2v) is 5.01. The van der Waals surface area contributed by atoms with E-state index in [1.165, 1.54) is 0 Å². The molecule has 0 aromatic carbocycles. The van der Waals surface area contributed by atoms with Crippen LogP contribution in [0, 0.1) is 0 Å². The minimum absolute atomic E-state index is 0.500. The van der Waals surface area contributed by atoms with Crippen LogP contribution in [0.2, 0.25) is 0 Å². The van der Waals surface area contributed by atoms with Crippen molar-refractivity contribution in [3.8, 4) is 0 Å². The highest BCUT2D eigenvalue weighted by molar-refractivity contribution is 5.81. The highest BCUT2D eigenvalue weighted by atomic mass is 16.6. The van der Waals surface area contributed by atoms with Crippen LogP contribution in [0.4, 0.5) is 0 Å². The molecule has 6 atom stereocenters. The molecule has 1 heterocycles. The predicted octanol–water partition coefficient (Wildman–Crippen LogP) is -2.58. The lowest BCUT2D eigenvalue weighted by atomic mass is 9.98. The minimum Gasteiger partial charge on any atom is -0.394 e. The van der Waals surface area contributed by atoms with E-state index in [9.17, 15) is 20.1 Å². The largest absolute Gasteiger partial charge is 0.394 e. The first-order valence-corrected chi connectivity index (χ1v) is 6.78. The Kier molecular flexibility index (Phi) is 6.80. The minimum atomic E-state index is -1.52. The molecule has 8 heteroatoms. The number of nitrogens with two attached hydrogens (primary N) is 1. The fourth-order valence-electron chi connectivity index (χ4n) is 2.02. The first-order valence-electron chi connectivity index (χ1n) is 6.78. The molecule has 7 N–H and O–H groups in total. The van der Waals surface area contributed by atoms with Crippen LogP contribution < -0.4 is 11.1 Å². The molecule has 1 rings (SSSR count). The van der Waals surface area contributed by atoms with Crippen LogP contribution in [0.1, 0.15) is 26.2 Å². The van der Waals surface area contributed by atoms with Crippen molar-refractivity contribution in [2.45, 2.75) is 62.9 Å². The van der Waals surface area contributed by atoms with Gasteiger partial charge in [0, 0.05) is 0 Å². The quantitative estimate of drug-likeness (QED) is 0.315. The molecule has 1 aliphatic rings. The van der Waals surface area contributed by atoms with Gasteiger partial charge in [0.05, 0.1) is 12.6 Å². The van der Waals surface area contributed by atoms with E-state index in [1.807, 2.05) is 6.92 Å². The number of rotatable bonds is 6. The van der Waals surface area contributed by atoms with Crippen LogP contribution in [0.5, 0.6) is 0 Å². The van der Waals surface area contributed by atoms with E-state index in [1.54, 1.807) is 0 Å². The zero-order chi connectivity index (χ0) is 15.3. The Bertz CT molecular complexity index is 314. The van der Waals surface area contributed by atoms with E-state index < -0.39 is 49.2 Å². The molecule has 1 saturated heterocycles. The lowest BCUT2D eigenvalue weighted by Crippen LogP contribution is -2.64. The lowest BCUT2D eigenvalue weighted by Gasteiger charge is -2.40. The molecule has 0 spiro atoms. The van der Waals surface area contributed by atoms with E-state index >= 15 is 0 Å². The van der Waals surface area contributed by atoms with Gasteiger partial charge in [-0.25, -0.2) is 0 Å². The van der Waals surface area contributed by atoms with Gasteiger partial charge < -0.3 is 36.2 Å². The Morgan fingerprint density at radius 1 is 1.30 bits per heavy atom. The highest BCUT2D eigenvalue weighted by Gasteiger charge is 2.44. The third kappa shape index (κ3) is 4.11. The monoisotopic (exact) mass is 292 g/mol.